The molecule has 0 aliphatic carbocycles. The van der Waals surface area contributed by atoms with Crippen LogP contribution in [0.2, 0.25) is 0 Å². The molecular weight excluding hydrogens is 410 g/mol. The van der Waals surface area contributed by atoms with E-state index in [0.717, 1.165) is 5.56 Å². The molecule has 0 saturated carbocycles. The van der Waals surface area contributed by atoms with Gasteiger partial charge in [0, 0.05) is 11.8 Å². The number of furan rings is 1. The molecule has 0 radical (unpaired) electrons. The number of amides is 1. The van der Waals surface area contributed by atoms with Crippen LogP contribution in [0, 0.1) is 13.8 Å². The molecule has 1 unspecified atom stereocenters. The van der Waals surface area contributed by atoms with E-state index in [1.165, 1.54) is 19.1 Å². The van der Waals surface area contributed by atoms with Crippen LogP contribution in [0.1, 0.15) is 28.7 Å². The Balaban J connectivity index is 1.96. The van der Waals surface area contributed by atoms with Crippen LogP contribution < -0.4 is 14.4 Å². The zero-order valence-corrected chi connectivity index (χ0v) is 18.2. The summed E-state index contributed by atoms with van der Waals surface area (Å²) in [5.41, 5.74) is 1.65. The van der Waals surface area contributed by atoms with Gasteiger partial charge in [0.1, 0.15) is 34.8 Å². The fourth-order valence-electron chi connectivity index (χ4n) is 3.89. The Bertz CT molecular complexity index is 1240. The number of benzene rings is 2. The van der Waals surface area contributed by atoms with Crippen LogP contribution in [-0.4, -0.2) is 31.0 Å². The van der Waals surface area contributed by atoms with Crippen molar-refractivity contribution < 1.29 is 28.6 Å². The van der Waals surface area contributed by atoms with E-state index in [1.54, 1.807) is 49.4 Å². The summed E-state index contributed by atoms with van der Waals surface area (Å²) >= 11 is 0. The van der Waals surface area contributed by atoms with Crippen molar-refractivity contribution >= 4 is 23.1 Å². The van der Waals surface area contributed by atoms with E-state index in [0.29, 0.717) is 28.7 Å². The monoisotopic (exact) mass is 433 g/mol. The van der Waals surface area contributed by atoms with Gasteiger partial charge in [-0.15, -0.1) is 0 Å². The lowest BCUT2D eigenvalue weighted by Gasteiger charge is -2.24. The molecule has 4 rings (SSSR count). The van der Waals surface area contributed by atoms with E-state index < -0.39 is 17.7 Å². The SMILES string of the molecule is COc1ccc(/C(O)=C2/C(=O)C(=O)N(c3cccc(C)c3)C2c2ccc(C)o2)c(OC)c1. The summed E-state index contributed by atoms with van der Waals surface area (Å²) in [7, 11) is 2.96. The van der Waals surface area contributed by atoms with Crippen LogP contribution in [0.4, 0.5) is 5.69 Å². The van der Waals surface area contributed by atoms with Crippen LogP contribution in [0.25, 0.3) is 5.76 Å². The Kier molecular flexibility index (Phi) is 5.48. The number of ether oxygens (including phenoxy) is 2. The molecule has 2 aromatic carbocycles. The van der Waals surface area contributed by atoms with E-state index in [2.05, 4.69) is 0 Å². The average molecular weight is 433 g/mol. The van der Waals surface area contributed by atoms with Crippen molar-refractivity contribution in [2.75, 3.05) is 19.1 Å². The lowest BCUT2D eigenvalue weighted by molar-refractivity contribution is -0.132. The molecule has 0 spiro atoms. The molecule has 0 bridgehead atoms. The minimum absolute atomic E-state index is 0.0747. The predicted molar refractivity (Wildman–Crippen MR) is 119 cm³/mol. The molecular formula is C25H23NO6. The second-order valence-corrected chi connectivity index (χ2v) is 7.52. The molecule has 3 aromatic rings. The van der Waals surface area contributed by atoms with Crippen molar-refractivity contribution in [2.45, 2.75) is 19.9 Å². The smallest absolute Gasteiger partial charge is 0.300 e. The van der Waals surface area contributed by atoms with Gasteiger partial charge in [-0.2, -0.15) is 0 Å². The summed E-state index contributed by atoms with van der Waals surface area (Å²) in [6, 6.07) is 14.6. The van der Waals surface area contributed by atoms with Gasteiger partial charge in [-0.05, 0) is 55.8 Å². The van der Waals surface area contributed by atoms with E-state index >= 15 is 0 Å². The number of aryl methyl sites for hydroxylation is 2. The first kappa shape index (κ1) is 21.2. The number of hydrogen-bond donors (Lipinski definition) is 1. The van der Waals surface area contributed by atoms with Crippen molar-refractivity contribution in [3.05, 3.63) is 82.8 Å². The number of anilines is 1. The Labute approximate surface area is 185 Å². The second-order valence-electron chi connectivity index (χ2n) is 7.52. The van der Waals surface area contributed by atoms with Crippen LogP contribution in [0.3, 0.4) is 0 Å². The van der Waals surface area contributed by atoms with Gasteiger partial charge in [-0.3, -0.25) is 14.5 Å². The van der Waals surface area contributed by atoms with Crippen LogP contribution in [0.15, 0.2) is 64.6 Å². The summed E-state index contributed by atoms with van der Waals surface area (Å²) in [6.07, 6.45) is 0. The lowest BCUT2D eigenvalue weighted by atomic mass is 9.98. The van der Waals surface area contributed by atoms with Crippen molar-refractivity contribution in [2.24, 2.45) is 0 Å². The zero-order chi connectivity index (χ0) is 23.0. The molecule has 1 aromatic heterocycles. The van der Waals surface area contributed by atoms with Gasteiger partial charge < -0.3 is 19.0 Å². The number of ketones is 1. The highest BCUT2D eigenvalue weighted by atomic mass is 16.5. The Morgan fingerprint density at radius 1 is 1.00 bits per heavy atom. The third-order valence-corrected chi connectivity index (χ3v) is 5.42. The third kappa shape index (κ3) is 3.51. The van der Waals surface area contributed by atoms with Crippen molar-refractivity contribution in [3.8, 4) is 11.5 Å². The molecule has 32 heavy (non-hydrogen) atoms. The largest absolute Gasteiger partial charge is 0.507 e. The summed E-state index contributed by atoms with van der Waals surface area (Å²) in [4.78, 5) is 27.7. The molecule has 7 heteroatoms. The highest BCUT2D eigenvalue weighted by Gasteiger charge is 2.48. The zero-order valence-electron chi connectivity index (χ0n) is 18.2. The van der Waals surface area contributed by atoms with Crippen molar-refractivity contribution in [3.63, 3.8) is 0 Å². The number of methoxy groups -OCH3 is 2. The second kappa shape index (κ2) is 8.26. The Hall–Kier alpha value is -4.00. The normalized spacial score (nSPS) is 17.6. The molecule has 1 atom stereocenters. The van der Waals surface area contributed by atoms with Gasteiger partial charge in [0.2, 0.25) is 0 Å². The standard InChI is InChI=1S/C25H23NO6/c1-14-6-5-7-16(12-14)26-22(19-11-8-15(2)32-19)21(24(28)25(26)29)23(27)18-10-9-17(30-3)13-20(18)31-4/h5-13,22,27H,1-4H3/b23-21-. The molecule has 1 saturated heterocycles. The van der Waals surface area contributed by atoms with Gasteiger partial charge in [0.05, 0.1) is 25.4 Å². The fourth-order valence-corrected chi connectivity index (χ4v) is 3.89. The number of rotatable bonds is 5. The topological polar surface area (TPSA) is 89.2 Å². The van der Waals surface area contributed by atoms with E-state index in [9.17, 15) is 14.7 Å². The average Bonchev–Trinajstić information content (AvgIpc) is 3.33. The summed E-state index contributed by atoms with van der Waals surface area (Å²) in [5.74, 6) is -0.0782. The van der Waals surface area contributed by atoms with Gasteiger partial charge in [-0.25, -0.2) is 0 Å². The molecule has 7 nitrogen and oxygen atoms in total. The van der Waals surface area contributed by atoms with Gasteiger partial charge >= 0.3 is 0 Å². The van der Waals surface area contributed by atoms with Gasteiger partial charge in [0.25, 0.3) is 11.7 Å². The number of Topliss-reactive ketones (excluding diaryl/α,β-unsaturated/α-hetero) is 1. The predicted octanol–water partition coefficient (Wildman–Crippen LogP) is 4.54. The molecule has 1 fully saturated rings. The minimum Gasteiger partial charge on any atom is -0.507 e. The number of carbonyl (C=O) groups excluding carboxylic acids is 2. The number of hydrogen-bond acceptors (Lipinski definition) is 6. The highest BCUT2D eigenvalue weighted by Crippen LogP contribution is 2.44. The van der Waals surface area contributed by atoms with Crippen LogP contribution in [-0.2, 0) is 9.59 Å². The summed E-state index contributed by atoms with van der Waals surface area (Å²) in [5, 5.41) is 11.3. The number of aliphatic hydroxyl groups is 1. The minimum atomic E-state index is -0.933. The first-order valence-corrected chi connectivity index (χ1v) is 10.0. The maximum Gasteiger partial charge on any atom is 0.300 e. The van der Waals surface area contributed by atoms with Crippen molar-refractivity contribution in [1.29, 1.82) is 0 Å². The molecule has 164 valence electrons. The van der Waals surface area contributed by atoms with E-state index in [1.807, 2.05) is 19.1 Å². The van der Waals surface area contributed by atoms with Crippen LogP contribution in [0.5, 0.6) is 11.5 Å². The Morgan fingerprint density at radius 3 is 2.41 bits per heavy atom. The van der Waals surface area contributed by atoms with Gasteiger partial charge in [0.15, 0.2) is 0 Å². The summed E-state index contributed by atoms with van der Waals surface area (Å²) in [6.45, 7) is 3.67. The number of carbonyl (C=O) groups is 2. The Morgan fingerprint density at radius 2 is 1.78 bits per heavy atom. The lowest BCUT2D eigenvalue weighted by Crippen LogP contribution is -2.29. The van der Waals surface area contributed by atoms with Crippen molar-refractivity contribution in [1.82, 2.24) is 0 Å². The molecule has 1 amide bonds. The maximum atomic E-state index is 13.2. The molecule has 1 aliphatic heterocycles. The third-order valence-electron chi connectivity index (χ3n) is 5.42. The molecule has 1 aliphatic rings. The maximum absolute atomic E-state index is 13.2. The molecule has 2 heterocycles. The van der Waals surface area contributed by atoms with E-state index in [-0.39, 0.29) is 16.9 Å². The molecule has 1 N–H and O–H groups in total. The highest BCUT2D eigenvalue weighted by molar-refractivity contribution is 6.51. The van der Waals surface area contributed by atoms with Crippen LogP contribution >= 0.6 is 0 Å². The first-order valence-electron chi connectivity index (χ1n) is 10.0. The fraction of sp³-hybridized carbons (Fsp3) is 0.200. The van der Waals surface area contributed by atoms with Gasteiger partial charge in [-0.1, -0.05) is 12.1 Å². The first-order chi connectivity index (χ1) is 15.3. The number of aliphatic hydroxyl groups excluding tert-OH is 1. The summed E-state index contributed by atoms with van der Waals surface area (Å²) < 4.78 is 16.4. The van der Waals surface area contributed by atoms with E-state index in [4.69, 9.17) is 13.9 Å². The quantitative estimate of drug-likeness (QED) is 0.361. The number of nitrogens with zero attached hydrogens (tertiary/aromatic N) is 1.